The molecule has 0 unspecified atom stereocenters. The number of hydrogen-bond donors (Lipinski definition) is 1. The summed E-state index contributed by atoms with van der Waals surface area (Å²) in [6, 6.07) is 0.279. The SMILES string of the molecule is Cc1nc(N2CCN(C(=O)N[C@@H]3C[C@@H]4CC[C@@H]3O4)CC2)sc1C. The molecule has 0 aliphatic carbocycles. The fourth-order valence-electron chi connectivity index (χ4n) is 3.73. The maximum atomic E-state index is 12.5. The lowest BCUT2D eigenvalue weighted by Gasteiger charge is -2.35. The van der Waals surface area contributed by atoms with Crippen LogP contribution in [0.1, 0.15) is 29.8 Å². The van der Waals surface area contributed by atoms with Crippen LogP contribution in [0.4, 0.5) is 9.93 Å². The van der Waals surface area contributed by atoms with Crippen LogP contribution in [0.3, 0.4) is 0 Å². The summed E-state index contributed by atoms with van der Waals surface area (Å²) in [7, 11) is 0. The molecule has 0 aromatic carbocycles. The van der Waals surface area contributed by atoms with Gasteiger partial charge in [0.05, 0.1) is 23.9 Å². The van der Waals surface area contributed by atoms with Gasteiger partial charge in [0.1, 0.15) is 0 Å². The predicted molar refractivity (Wildman–Crippen MR) is 90.2 cm³/mol. The summed E-state index contributed by atoms with van der Waals surface area (Å²) >= 11 is 1.74. The van der Waals surface area contributed by atoms with Crippen molar-refractivity contribution in [1.82, 2.24) is 15.2 Å². The molecule has 6 nitrogen and oxygen atoms in total. The van der Waals surface area contributed by atoms with Gasteiger partial charge in [-0.1, -0.05) is 0 Å². The number of aryl methyl sites for hydroxylation is 2. The lowest BCUT2D eigenvalue weighted by Crippen LogP contribution is -2.54. The Labute approximate surface area is 140 Å². The summed E-state index contributed by atoms with van der Waals surface area (Å²) in [5.74, 6) is 0. The lowest BCUT2D eigenvalue weighted by atomic mass is 9.96. The third-order valence-electron chi connectivity index (χ3n) is 5.27. The van der Waals surface area contributed by atoms with Crippen molar-refractivity contribution in [3.8, 4) is 0 Å². The molecule has 1 aromatic heterocycles. The molecule has 4 heterocycles. The quantitative estimate of drug-likeness (QED) is 0.896. The molecule has 3 saturated heterocycles. The lowest BCUT2D eigenvalue weighted by molar-refractivity contribution is 0.0969. The third kappa shape index (κ3) is 2.92. The molecule has 7 heteroatoms. The zero-order valence-electron chi connectivity index (χ0n) is 13.7. The van der Waals surface area contributed by atoms with Crippen LogP contribution in [0.5, 0.6) is 0 Å². The molecule has 126 valence electrons. The number of anilines is 1. The average Bonchev–Trinajstić information content (AvgIpc) is 3.24. The monoisotopic (exact) mass is 336 g/mol. The predicted octanol–water partition coefficient (Wildman–Crippen LogP) is 1.91. The van der Waals surface area contributed by atoms with Crippen LogP contribution < -0.4 is 10.2 Å². The summed E-state index contributed by atoms with van der Waals surface area (Å²) in [6.45, 7) is 7.38. The van der Waals surface area contributed by atoms with Crippen molar-refractivity contribution < 1.29 is 9.53 Å². The van der Waals surface area contributed by atoms with Gasteiger partial charge in [0.15, 0.2) is 5.13 Å². The van der Waals surface area contributed by atoms with E-state index in [1.807, 2.05) is 4.90 Å². The molecule has 2 amide bonds. The standard InChI is InChI=1S/C16H24N4O2S/c1-10-11(2)23-16(17-10)20-7-5-19(6-8-20)15(21)18-13-9-12-3-4-14(13)22-12/h12-14H,3-9H2,1-2H3,(H,18,21)/t12-,13+,14-/m0/s1. The summed E-state index contributed by atoms with van der Waals surface area (Å²) in [4.78, 5) is 22.6. The van der Waals surface area contributed by atoms with E-state index >= 15 is 0 Å². The van der Waals surface area contributed by atoms with Crippen LogP contribution in [-0.2, 0) is 4.74 Å². The third-order valence-corrected chi connectivity index (χ3v) is 6.40. The smallest absolute Gasteiger partial charge is 0.317 e. The first-order valence-corrected chi connectivity index (χ1v) is 9.31. The summed E-state index contributed by atoms with van der Waals surface area (Å²) < 4.78 is 5.81. The van der Waals surface area contributed by atoms with Crippen molar-refractivity contribution in [2.45, 2.75) is 51.4 Å². The van der Waals surface area contributed by atoms with E-state index in [4.69, 9.17) is 4.74 Å². The normalized spacial score (nSPS) is 30.1. The fraction of sp³-hybridized carbons (Fsp3) is 0.750. The van der Waals surface area contributed by atoms with E-state index in [1.165, 1.54) is 4.88 Å². The molecule has 0 radical (unpaired) electrons. The highest BCUT2D eigenvalue weighted by Crippen LogP contribution is 2.34. The van der Waals surface area contributed by atoms with Gasteiger partial charge in [0, 0.05) is 31.1 Å². The van der Waals surface area contributed by atoms with Gasteiger partial charge in [-0.3, -0.25) is 0 Å². The van der Waals surface area contributed by atoms with Gasteiger partial charge >= 0.3 is 6.03 Å². The van der Waals surface area contributed by atoms with E-state index in [1.54, 1.807) is 11.3 Å². The number of aromatic nitrogens is 1. The van der Waals surface area contributed by atoms with Gasteiger partial charge in [-0.05, 0) is 33.1 Å². The molecule has 3 aliphatic heterocycles. The Balaban J connectivity index is 1.30. The highest BCUT2D eigenvalue weighted by atomic mass is 32.1. The Bertz CT molecular complexity index is 577. The number of carbonyl (C=O) groups is 1. The van der Waals surface area contributed by atoms with Crippen LogP contribution in [0, 0.1) is 13.8 Å². The van der Waals surface area contributed by atoms with E-state index < -0.39 is 0 Å². The zero-order chi connectivity index (χ0) is 16.0. The number of thiazole rings is 1. The minimum Gasteiger partial charge on any atom is -0.373 e. The number of ether oxygens (including phenoxy) is 1. The van der Waals surface area contributed by atoms with Crippen LogP contribution in [0.2, 0.25) is 0 Å². The number of piperazine rings is 1. The zero-order valence-corrected chi connectivity index (χ0v) is 14.6. The first-order chi connectivity index (χ1) is 11.1. The maximum absolute atomic E-state index is 12.5. The minimum atomic E-state index is 0.0669. The van der Waals surface area contributed by atoms with Crippen molar-refractivity contribution in [2.24, 2.45) is 0 Å². The second-order valence-electron chi connectivity index (χ2n) is 6.78. The molecule has 0 spiro atoms. The Hall–Kier alpha value is -1.34. The van der Waals surface area contributed by atoms with E-state index in [0.717, 1.165) is 56.3 Å². The van der Waals surface area contributed by atoms with Crippen LogP contribution in [0.25, 0.3) is 0 Å². The molecule has 1 N–H and O–H groups in total. The number of urea groups is 1. The first kappa shape index (κ1) is 15.2. The molecule has 0 saturated carbocycles. The number of nitrogens with zero attached hydrogens (tertiary/aromatic N) is 3. The maximum Gasteiger partial charge on any atom is 0.317 e. The fourth-order valence-corrected chi connectivity index (χ4v) is 4.69. The minimum absolute atomic E-state index is 0.0669. The van der Waals surface area contributed by atoms with Gasteiger partial charge in [-0.25, -0.2) is 9.78 Å². The van der Waals surface area contributed by atoms with Crippen molar-refractivity contribution in [3.05, 3.63) is 10.6 Å². The molecular weight excluding hydrogens is 312 g/mol. The summed E-state index contributed by atoms with van der Waals surface area (Å²) in [6.07, 6.45) is 3.84. The van der Waals surface area contributed by atoms with Crippen molar-refractivity contribution in [2.75, 3.05) is 31.1 Å². The topological polar surface area (TPSA) is 57.7 Å². The molecule has 3 aliphatic rings. The number of rotatable bonds is 2. The van der Waals surface area contributed by atoms with Gasteiger partial charge in [0.2, 0.25) is 0 Å². The molecule has 4 rings (SSSR count). The number of hydrogen-bond acceptors (Lipinski definition) is 5. The average molecular weight is 336 g/mol. The largest absolute Gasteiger partial charge is 0.373 e. The van der Waals surface area contributed by atoms with Crippen molar-refractivity contribution >= 4 is 22.5 Å². The number of carbonyl (C=O) groups excluding carboxylic acids is 1. The van der Waals surface area contributed by atoms with Gasteiger partial charge in [0.25, 0.3) is 0 Å². The van der Waals surface area contributed by atoms with Gasteiger partial charge in [-0.2, -0.15) is 0 Å². The number of amides is 2. The molecule has 3 fully saturated rings. The highest BCUT2D eigenvalue weighted by Gasteiger charge is 2.42. The van der Waals surface area contributed by atoms with Crippen molar-refractivity contribution in [1.29, 1.82) is 0 Å². The van der Waals surface area contributed by atoms with Crippen molar-refractivity contribution in [3.63, 3.8) is 0 Å². The molecule has 2 bridgehead atoms. The van der Waals surface area contributed by atoms with E-state index in [-0.39, 0.29) is 18.2 Å². The Morgan fingerprint density at radius 3 is 2.61 bits per heavy atom. The van der Waals surface area contributed by atoms with Crippen LogP contribution >= 0.6 is 11.3 Å². The van der Waals surface area contributed by atoms with Gasteiger partial charge < -0.3 is 19.9 Å². The Kier molecular flexibility index (Phi) is 3.93. The first-order valence-electron chi connectivity index (χ1n) is 8.50. The number of fused-ring (bicyclic) bond motifs is 2. The van der Waals surface area contributed by atoms with E-state index in [9.17, 15) is 4.79 Å². The molecule has 23 heavy (non-hydrogen) atoms. The van der Waals surface area contributed by atoms with Gasteiger partial charge in [-0.15, -0.1) is 11.3 Å². The molecular formula is C16H24N4O2S. The second kappa shape index (κ2) is 5.94. The summed E-state index contributed by atoms with van der Waals surface area (Å²) in [5.41, 5.74) is 1.11. The second-order valence-corrected chi connectivity index (χ2v) is 7.96. The molecule has 1 aromatic rings. The number of nitrogens with one attached hydrogen (secondary N) is 1. The molecule has 3 atom stereocenters. The van der Waals surface area contributed by atoms with E-state index in [0.29, 0.717) is 6.10 Å². The van der Waals surface area contributed by atoms with E-state index in [2.05, 4.69) is 29.0 Å². The van der Waals surface area contributed by atoms with Crippen LogP contribution in [0.15, 0.2) is 0 Å². The highest BCUT2D eigenvalue weighted by molar-refractivity contribution is 7.15. The summed E-state index contributed by atoms with van der Waals surface area (Å²) in [5, 5.41) is 4.26. The Morgan fingerprint density at radius 2 is 2.04 bits per heavy atom. The van der Waals surface area contributed by atoms with Crippen LogP contribution in [-0.4, -0.2) is 60.3 Å². The Morgan fingerprint density at radius 1 is 1.26 bits per heavy atom.